The van der Waals surface area contributed by atoms with E-state index in [0.29, 0.717) is 5.92 Å². The Hall–Kier alpha value is -0.410. The molecule has 1 N–H and O–H groups in total. The van der Waals surface area contributed by atoms with Gasteiger partial charge in [-0.1, -0.05) is 42.6 Å². The summed E-state index contributed by atoms with van der Waals surface area (Å²) < 4.78 is 14.6. The summed E-state index contributed by atoms with van der Waals surface area (Å²) in [4.78, 5) is 0. The molecule has 0 heterocycles. The summed E-state index contributed by atoms with van der Waals surface area (Å²) in [6.07, 6.45) is 6.22. The van der Waals surface area contributed by atoms with Crippen LogP contribution in [0.5, 0.6) is 0 Å². The molecule has 1 aromatic rings. The van der Waals surface area contributed by atoms with E-state index in [1.54, 1.807) is 6.07 Å². The lowest BCUT2D eigenvalue weighted by Gasteiger charge is -2.34. The molecule has 0 aromatic heterocycles. The normalized spacial score (nSPS) is 24.6. The van der Waals surface area contributed by atoms with Crippen LogP contribution in [-0.4, -0.2) is 6.54 Å². The van der Waals surface area contributed by atoms with Crippen LogP contribution in [0.3, 0.4) is 0 Å². The van der Waals surface area contributed by atoms with Gasteiger partial charge in [0.2, 0.25) is 0 Å². The summed E-state index contributed by atoms with van der Waals surface area (Å²) in [6.45, 7) is 5.50. The van der Waals surface area contributed by atoms with Crippen molar-refractivity contribution in [2.24, 2.45) is 11.8 Å². The first-order valence-corrected chi connectivity index (χ1v) is 8.59. The van der Waals surface area contributed by atoms with Crippen LogP contribution >= 0.6 is 15.9 Å². The Morgan fingerprint density at radius 2 is 2.20 bits per heavy atom. The van der Waals surface area contributed by atoms with Gasteiger partial charge in [-0.15, -0.1) is 0 Å². The van der Waals surface area contributed by atoms with Crippen LogP contribution in [0.2, 0.25) is 0 Å². The topological polar surface area (TPSA) is 12.0 Å². The lowest BCUT2D eigenvalue weighted by Crippen LogP contribution is -2.32. The van der Waals surface area contributed by atoms with Crippen LogP contribution in [0.4, 0.5) is 4.39 Å². The van der Waals surface area contributed by atoms with Crippen molar-refractivity contribution in [3.63, 3.8) is 0 Å². The second-order valence-electron chi connectivity index (χ2n) is 6.13. The van der Waals surface area contributed by atoms with E-state index in [0.717, 1.165) is 28.9 Å². The molecule has 0 amide bonds. The Balaban J connectivity index is 2.23. The van der Waals surface area contributed by atoms with Gasteiger partial charge in [0.05, 0.1) is 0 Å². The first-order valence-electron chi connectivity index (χ1n) is 7.80. The average molecular weight is 342 g/mol. The minimum atomic E-state index is -0.143. The highest BCUT2D eigenvalue weighted by Crippen LogP contribution is 2.39. The molecule has 1 aliphatic carbocycles. The fraction of sp³-hybridized carbons (Fsp3) is 0.647. The zero-order chi connectivity index (χ0) is 14.5. The van der Waals surface area contributed by atoms with Crippen LogP contribution in [0.15, 0.2) is 22.7 Å². The predicted octanol–water partition coefficient (Wildman–Crippen LogP) is 5.46. The lowest BCUT2D eigenvalue weighted by atomic mass is 9.76. The molecular formula is C17H25BrFN. The van der Waals surface area contributed by atoms with Gasteiger partial charge in [0.25, 0.3) is 0 Å². The van der Waals surface area contributed by atoms with Gasteiger partial charge in [0, 0.05) is 10.5 Å². The zero-order valence-corrected chi connectivity index (χ0v) is 14.0. The van der Waals surface area contributed by atoms with Gasteiger partial charge in [-0.3, -0.25) is 0 Å². The van der Waals surface area contributed by atoms with Crippen molar-refractivity contribution in [1.29, 1.82) is 0 Å². The number of benzene rings is 1. The van der Waals surface area contributed by atoms with Gasteiger partial charge in [-0.25, -0.2) is 4.39 Å². The highest BCUT2D eigenvalue weighted by atomic mass is 79.9. The van der Waals surface area contributed by atoms with Crippen molar-refractivity contribution >= 4 is 15.9 Å². The van der Waals surface area contributed by atoms with Crippen molar-refractivity contribution in [2.75, 3.05) is 6.54 Å². The van der Waals surface area contributed by atoms with E-state index in [9.17, 15) is 4.39 Å². The van der Waals surface area contributed by atoms with Crippen molar-refractivity contribution in [3.8, 4) is 0 Å². The standard InChI is InChI=1S/C17H25BrFN/c1-3-9-20-17(13-6-4-5-12(2)10-13)15-11-14(19)7-8-16(15)18/h7-8,11-13,17,20H,3-6,9-10H2,1-2H3. The Labute approximate surface area is 130 Å². The SMILES string of the molecule is CCCNC(c1cc(F)ccc1Br)C1CCCC(C)C1. The molecule has 1 nitrogen and oxygen atoms in total. The molecule has 0 radical (unpaired) electrons. The van der Waals surface area contributed by atoms with E-state index in [1.807, 2.05) is 6.07 Å². The Morgan fingerprint density at radius 1 is 1.40 bits per heavy atom. The van der Waals surface area contributed by atoms with Crippen molar-refractivity contribution < 1.29 is 4.39 Å². The van der Waals surface area contributed by atoms with Gasteiger partial charge in [-0.2, -0.15) is 0 Å². The highest BCUT2D eigenvalue weighted by Gasteiger charge is 2.28. The third-order valence-corrected chi connectivity index (χ3v) is 5.08. The van der Waals surface area contributed by atoms with Crippen LogP contribution in [-0.2, 0) is 0 Å². The van der Waals surface area contributed by atoms with Gasteiger partial charge in [0.15, 0.2) is 0 Å². The molecule has 20 heavy (non-hydrogen) atoms. The summed E-state index contributed by atoms with van der Waals surface area (Å²) in [5.74, 6) is 1.26. The van der Waals surface area contributed by atoms with Gasteiger partial charge < -0.3 is 5.32 Å². The monoisotopic (exact) mass is 341 g/mol. The Morgan fingerprint density at radius 3 is 2.90 bits per heavy atom. The molecule has 0 aliphatic heterocycles. The molecule has 112 valence electrons. The van der Waals surface area contributed by atoms with Crippen molar-refractivity contribution in [1.82, 2.24) is 5.32 Å². The van der Waals surface area contributed by atoms with Crippen molar-refractivity contribution in [2.45, 2.75) is 52.0 Å². The van der Waals surface area contributed by atoms with Gasteiger partial charge >= 0.3 is 0 Å². The van der Waals surface area contributed by atoms with E-state index < -0.39 is 0 Å². The average Bonchev–Trinajstić information content (AvgIpc) is 2.43. The van der Waals surface area contributed by atoms with Crippen LogP contribution < -0.4 is 5.32 Å². The molecule has 1 aromatic carbocycles. The van der Waals surface area contributed by atoms with Crippen molar-refractivity contribution in [3.05, 3.63) is 34.1 Å². The summed E-state index contributed by atoms with van der Waals surface area (Å²) in [6, 6.07) is 5.31. The smallest absolute Gasteiger partial charge is 0.123 e. The number of nitrogens with one attached hydrogen (secondary N) is 1. The second kappa shape index (κ2) is 7.56. The van der Waals surface area contributed by atoms with E-state index >= 15 is 0 Å². The quantitative estimate of drug-likeness (QED) is 0.750. The molecule has 3 heteroatoms. The predicted molar refractivity (Wildman–Crippen MR) is 86.3 cm³/mol. The largest absolute Gasteiger partial charge is 0.310 e. The Kier molecular flexibility index (Phi) is 6.03. The maximum atomic E-state index is 13.6. The minimum absolute atomic E-state index is 0.143. The summed E-state index contributed by atoms with van der Waals surface area (Å²) in [5, 5.41) is 3.65. The number of hydrogen-bond acceptors (Lipinski definition) is 1. The third-order valence-electron chi connectivity index (χ3n) is 4.36. The molecule has 1 saturated carbocycles. The van der Waals surface area contributed by atoms with E-state index in [4.69, 9.17) is 0 Å². The molecule has 3 atom stereocenters. The molecule has 0 saturated heterocycles. The maximum absolute atomic E-state index is 13.6. The molecule has 3 unspecified atom stereocenters. The van der Waals surface area contributed by atoms with Gasteiger partial charge in [0.1, 0.15) is 5.82 Å². The fourth-order valence-electron chi connectivity index (χ4n) is 3.37. The van der Waals surface area contributed by atoms with Crippen LogP contribution in [0, 0.1) is 17.7 Å². The lowest BCUT2D eigenvalue weighted by molar-refractivity contribution is 0.223. The summed E-state index contributed by atoms with van der Waals surface area (Å²) in [5.41, 5.74) is 1.08. The molecule has 2 rings (SSSR count). The third kappa shape index (κ3) is 4.05. The van der Waals surface area contributed by atoms with Crippen LogP contribution in [0.25, 0.3) is 0 Å². The highest BCUT2D eigenvalue weighted by molar-refractivity contribution is 9.10. The van der Waals surface area contributed by atoms with Crippen LogP contribution in [0.1, 0.15) is 57.6 Å². The maximum Gasteiger partial charge on any atom is 0.123 e. The molecule has 1 aliphatic rings. The van der Waals surface area contributed by atoms with E-state index in [2.05, 4.69) is 35.1 Å². The molecule has 0 spiro atoms. The summed E-state index contributed by atoms with van der Waals surface area (Å²) in [7, 11) is 0. The zero-order valence-electron chi connectivity index (χ0n) is 12.5. The van der Waals surface area contributed by atoms with E-state index in [1.165, 1.54) is 31.7 Å². The fourth-order valence-corrected chi connectivity index (χ4v) is 3.86. The molecule has 0 bridgehead atoms. The first-order chi connectivity index (χ1) is 9.61. The minimum Gasteiger partial charge on any atom is -0.310 e. The molecule has 1 fully saturated rings. The van der Waals surface area contributed by atoms with E-state index in [-0.39, 0.29) is 11.9 Å². The molecular weight excluding hydrogens is 317 g/mol. The number of rotatable bonds is 5. The second-order valence-corrected chi connectivity index (χ2v) is 6.98. The first kappa shape index (κ1) is 16.0. The number of hydrogen-bond donors (Lipinski definition) is 1. The van der Waals surface area contributed by atoms with Gasteiger partial charge in [-0.05, 0) is 61.4 Å². The number of halogens is 2. The Bertz CT molecular complexity index is 435. The summed E-state index contributed by atoms with van der Waals surface area (Å²) >= 11 is 3.60.